The SMILES string of the molecule is C=C(C)C(=O)OC.C[Si](C)(C)O[Si](C)(C)C. The lowest BCUT2D eigenvalue weighted by atomic mass is 10.4. The van der Waals surface area contributed by atoms with Crippen molar-refractivity contribution < 1.29 is 13.6 Å². The minimum absolute atomic E-state index is 0.347. The fourth-order valence-corrected chi connectivity index (χ4v) is 8.44. The lowest BCUT2D eigenvalue weighted by molar-refractivity contribution is -0.136. The van der Waals surface area contributed by atoms with E-state index in [2.05, 4.69) is 50.6 Å². The molecule has 3 nitrogen and oxygen atoms in total. The monoisotopic (exact) mass is 262 g/mol. The summed E-state index contributed by atoms with van der Waals surface area (Å²) in [6, 6.07) is 0. The normalized spacial score (nSPS) is 11.2. The molecule has 0 heterocycles. The molecular weight excluding hydrogens is 236 g/mol. The minimum Gasteiger partial charge on any atom is -0.466 e. The average molecular weight is 262 g/mol. The summed E-state index contributed by atoms with van der Waals surface area (Å²) in [6.07, 6.45) is 0. The Morgan fingerprint density at radius 2 is 1.31 bits per heavy atom. The van der Waals surface area contributed by atoms with Crippen LogP contribution in [0.5, 0.6) is 0 Å². The first-order chi connectivity index (χ1) is 6.89. The Morgan fingerprint density at radius 1 is 1.00 bits per heavy atom. The largest absolute Gasteiger partial charge is 0.466 e. The highest BCUT2D eigenvalue weighted by molar-refractivity contribution is 6.83. The van der Waals surface area contributed by atoms with E-state index in [1.807, 2.05) is 0 Å². The number of esters is 1. The molecule has 0 bridgehead atoms. The number of carbonyl (C=O) groups is 1. The second-order valence-corrected chi connectivity index (χ2v) is 14.9. The van der Waals surface area contributed by atoms with Crippen molar-refractivity contribution in [2.24, 2.45) is 0 Å². The second-order valence-electron chi connectivity index (χ2n) is 5.60. The third-order valence-electron chi connectivity index (χ3n) is 1.15. The molecule has 0 saturated heterocycles. The smallest absolute Gasteiger partial charge is 0.332 e. The molecule has 0 aliphatic carbocycles. The highest BCUT2D eigenvalue weighted by atomic mass is 28.4. The van der Waals surface area contributed by atoms with Gasteiger partial charge in [-0.15, -0.1) is 0 Å². The molecule has 0 N–H and O–H groups in total. The van der Waals surface area contributed by atoms with Crippen molar-refractivity contribution >= 4 is 22.6 Å². The van der Waals surface area contributed by atoms with Crippen LogP contribution in [0, 0.1) is 0 Å². The van der Waals surface area contributed by atoms with E-state index in [4.69, 9.17) is 4.12 Å². The van der Waals surface area contributed by atoms with Crippen molar-refractivity contribution in [2.75, 3.05) is 7.11 Å². The molecular formula is C11H26O3Si2. The zero-order chi connectivity index (χ0) is 13.6. The predicted octanol–water partition coefficient (Wildman–Crippen LogP) is 3.41. The van der Waals surface area contributed by atoms with E-state index in [0.717, 1.165) is 0 Å². The zero-order valence-electron chi connectivity index (χ0n) is 11.9. The molecule has 16 heavy (non-hydrogen) atoms. The van der Waals surface area contributed by atoms with Crippen LogP contribution in [0.3, 0.4) is 0 Å². The number of ether oxygens (including phenoxy) is 1. The fraction of sp³-hybridized carbons (Fsp3) is 0.727. The Balaban J connectivity index is 0. The molecule has 5 heteroatoms. The standard InChI is InChI=1S/C6H18OSi2.C5H8O2/c1-8(2,3)7-9(4,5)6;1-4(2)5(6)7-3/h1-6H3;1H2,2-3H3. The van der Waals surface area contributed by atoms with Crippen LogP contribution in [-0.2, 0) is 13.6 Å². The Morgan fingerprint density at radius 3 is 1.31 bits per heavy atom. The third kappa shape index (κ3) is 16.0. The van der Waals surface area contributed by atoms with Gasteiger partial charge in [-0.05, 0) is 46.2 Å². The Bertz CT molecular complexity index is 225. The summed E-state index contributed by atoms with van der Waals surface area (Å²) in [5, 5.41) is 0. The van der Waals surface area contributed by atoms with Gasteiger partial charge in [0.2, 0.25) is 0 Å². The van der Waals surface area contributed by atoms with Crippen molar-refractivity contribution in [1.82, 2.24) is 0 Å². The van der Waals surface area contributed by atoms with Crippen LogP contribution in [0.25, 0.3) is 0 Å². The van der Waals surface area contributed by atoms with Crippen molar-refractivity contribution in [2.45, 2.75) is 46.2 Å². The van der Waals surface area contributed by atoms with Crippen LogP contribution in [-0.4, -0.2) is 29.7 Å². The van der Waals surface area contributed by atoms with Gasteiger partial charge in [0.15, 0.2) is 16.6 Å². The van der Waals surface area contributed by atoms with Gasteiger partial charge in [0.25, 0.3) is 0 Å². The molecule has 0 radical (unpaired) electrons. The van der Waals surface area contributed by atoms with Crippen LogP contribution >= 0.6 is 0 Å². The molecule has 0 saturated carbocycles. The summed E-state index contributed by atoms with van der Waals surface area (Å²) in [7, 11) is -1.13. The molecule has 0 rings (SSSR count). The van der Waals surface area contributed by atoms with Crippen LogP contribution in [0.1, 0.15) is 6.92 Å². The van der Waals surface area contributed by atoms with Gasteiger partial charge < -0.3 is 8.85 Å². The number of rotatable bonds is 3. The number of hydrogen-bond acceptors (Lipinski definition) is 3. The second kappa shape index (κ2) is 7.03. The topological polar surface area (TPSA) is 35.5 Å². The van der Waals surface area contributed by atoms with E-state index in [1.54, 1.807) is 6.92 Å². The summed E-state index contributed by atoms with van der Waals surface area (Å²) in [5.74, 6) is -0.347. The molecule has 0 aliphatic heterocycles. The Kier molecular flexibility index (Phi) is 7.90. The lowest BCUT2D eigenvalue weighted by Crippen LogP contribution is -2.39. The first-order valence-electron chi connectivity index (χ1n) is 5.33. The predicted molar refractivity (Wildman–Crippen MR) is 74.6 cm³/mol. The molecule has 0 aromatic rings. The first-order valence-corrected chi connectivity index (χ1v) is 12.1. The highest BCUT2D eigenvalue weighted by Gasteiger charge is 2.24. The molecule has 0 unspecified atom stereocenters. The van der Waals surface area contributed by atoms with Gasteiger partial charge in [0.05, 0.1) is 7.11 Å². The number of carbonyl (C=O) groups excluding carboxylic acids is 1. The van der Waals surface area contributed by atoms with E-state index in [9.17, 15) is 4.79 Å². The lowest BCUT2D eigenvalue weighted by Gasteiger charge is -2.27. The molecule has 0 atom stereocenters. The maximum atomic E-state index is 10.2. The van der Waals surface area contributed by atoms with E-state index in [-0.39, 0.29) is 5.97 Å². The molecule has 0 aromatic heterocycles. The van der Waals surface area contributed by atoms with Crippen molar-refractivity contribution in [1.29, 1.82) is 0 Å². The molecule has 0 spiro atoms. The van der Waals surface area contributed by atoms with E-state index in [1.165, 1.54) is 7.11 Å². The summed E-state index contributed by atoms with van der Waals surface area (Å²) in [4.78, 5) is 10.2. The fourth-order valence-electron chi connectivity index (χ4n) is 1.09. The Hall–Kier alpha value is -0.396. The number of hydrogen-bond donors (Lipinski definition) is 0. The maximum absolute atomic E-state index is 10.2. The zero-order valence-corrected chi connectivity index (χ0v) is 13.9. The summed E-state index contributed by atoms with van der Waals surface area (Å²) in [5.41, 5.74) is 0.433. The molecule has 0 fully saturated rings. The summed E-state index contributed by atoms with van der Waals surface area (Å²) in [6.45, 7) is 18.4. The van der Waals surface area contributed by atoms with Crippen molar-refractivity contribution in [3.05, 3.63) is 12.2 Å². The summed E-state index contributed by atoms with van der Waals surface area (Å²) >= 11 is 0. The van der Waals surface area contributed by atoms with Crippen molar-refractivity contribution in [3.8, 4) is 0 Å². The molecule has 96 valence electrons. The van der Waals surface area contributed by atoms with Crippen LogP contribution < -0.4 is 0 Å². The van der Waals surface area contributed by atoms with Gasteiger partial charge in [0, 0.05) is 5.57 Å². The van der Waals surface area contributed by atoms with Crippen molar-refractivity contribution in [3.63, 3.8) is 0 Å². The van der Waals surface area contributed by atoms with Gasteiger partial charge in [-0.25, -0.2) is 4.79 Å². The quantitative estimate of drug-likeness (QED) is 0.444. The Labute approximate surface area is 102 Å². The van der Waals surface area contributed by atoms with Gasteiger partial charge in [-0.1, -0.05) is 6.58 Å². The van der Waals surface area contributed by atoms with Gasteiger partial charge in [-0.2, -0.15) is 0 Å². The minimum atomic E-state index is -1.23. The molecule has 0 aromatic carbocycles. The summed E-state index contributed by atoms with van der Waals surface area (Å²) < 4.78 is 10.2. The first kappa shape index (κ1) is 18.0. The van der Waals surface area contributed by atoms with Crippen LogP contribution in [0.4, 0.5) is 0 Å². The third-order valence-corrected chi connectivity index (χ3v) is 6.05. The maximum Gasteiger partial charge on any atom is 0.332 e. The van der Waals surface area contributed by atoms with E-state index in [0.29, 0.717) is 5.57 Å². The highest BCUT2D eigenvalue weighted by Crippen LogP contribution is 2.12. The van der Waals surface area contributed by atoms with Gasteiger partial charge >= 0.3 is 5.97 Å². The van der Waals surface area contributed by atoms with E-state index >= 15 is 0 Å². The van der Waals surface area contributed by atoms with Crippen LogP contribution in [0.2, 0.25) is 39.3 Å². The number of methoxy groups -OCH3 is 1. The molecule has 0 aliphatic rings. The van der Waals surface area contributed by atoms with Crippen LogP contribution in [0.15, 0.2) is 12.2 Å². The van der Waals surface area contributed by atoms with E-state index < -0.39 is 16.6 Å². The van der Waals surface area contributed by atoms with Gasteiger partial charge in [-0.3, -0.25) is 0 Å². The average Bonchev–Trinajstić information content (AvgIpc) is 1.96. The van der Waals surface area contributed by atoms with Gasteiger partial charge in [0.1, 0.15) is 0 Å². The molecule has 0 amide bonds.